The van der Waals surface area contributed by atoms with Gasteiger partial charge in [0.05, 0.1) is 17.4 Å². The number of carbonyl (C=O) groups is 2. The minimum Gasteiger partial charge on any atom is -0.464 e. The van der Waals surface area contributed by atoms with E-state index in [1.54, 1.807) is 12.1 Å². The van der Waals surface area contributed by atoms with Crippen LogP contribution in [0.2, 0.25) is 0 Å². The molecule has 1 N–H and O–H groups in total. The van der Waals surface area contributed by atoms with E-state index >= 15 is 0 Å². The first-order valence-corrected chi connectivity index (χ1v) is 9.03. The number of rotatable bonds is 3. The number of halogens is 1. The second-order valence-electron chi connectivity index (χ2n) is 6.26. The Balaban J connectivity index is 2.09. The third-order valence-corrected chi connectivity index (χ3v) is 4.69. The third kappa shape index (κ3) is 3.78. The van der Waals surface area contributed by atoms with Crippen molar-refractivity contribution in [3.05, 3.63) is 63.8 Å². The van der Waals surface area contributed by atoms with Gasteiger partial charge in [0.25, 0.3) is 0 Å². The average molecular weight is 428 g/mol. The molecule has 0 atom stereocenters. The van der Waals surface area contributed by atoms with E-state index in [1.165, 1.54) is 24.3 Å². The maximum absolute atomic E-state index is 12.1. The van der Waals surface area contributed by atoms with Crippen molar-refractivity contribution < 1.29 is 14.7 Å². The van der Waals surface area contributed by atoms with Crippen molar-refractivity contribution in [2.24, 2.45) is 5.10 Å². The van der Waals surface area contributed by atoms with Gasteiger partial charge in [0.2, 0.25) is 5.91 Å². The Hall–Kier alpha value is -2.93. The fourth-order valence-electron chi connectivity index (χ4n) is 2.96. The van der Waals surface area contributed by atoms with Crippen LogP contribution in [-0.4, -0.2) is 27.9 Å². The summed E-state index contributed by atoms with van der Waals surface area (Å²) in [5, 5.41) is 15.8. The first kappa shape index (κ1) is 18.8. The molecule has 0 aliphatic rings. The highest BCUT2D eigenvalue weighted by Gasteiger charge is 2.15. The van der Waals surface area contributed by atoms with Crippen LogP contribution in [0.25, 0.3) is 10.9 Å². The molecular formula is C20H18BrN3O3. The molecule has 0 fully saturated rings. The quantitative estimate of drug-likeness (QED) is 0.475. The number of nitrogens with zero attached hydrogens (tertiary/aromatic N) is 3. The number of amides is 1. The molecule has 0 aliphatic carbocycles. The van der Waals surface area contributed by atoms with Gasteiger partial charge in [-0.2, -0.15) is 5.10 Å². The second-order valence-corrected chi connectivity index (χ2v) is 7.18. The van der Waals surface area contributed by atoms with Crippen molar-refractivity contribution in [2.45, 2.75) is 20.8 Å². The Bertz CT molecular complexity index is 1090. The molecule has 1 amide bonds. The van der Waals surface area contributed by atoms with Crippen molar-refractivity contribution in [1.82, 2.24) is 4.57 Å². The van der Waals surface area contributed by atoms with E-state index in [0.29, 0.717) is 16.8 Å². The molecule has 0 spiro atoms. The van der Waals surface area contributed by atoms with Gasteiger partial charge in [-0.25, -0.2) is 9.80 Å². The maximum Gasteiger partial charge on any atom is 0.416 e. The van der Waals surface area contributed by atoms with Gasteiger partial charge >= 0.3 is 6.09 Å². The van der Waals surface area contributed by atoms with Crippen LogP contribution in [0, 0.1) is 13.8 Å². The largest absolute Gasteiger partial charge is 0.464 e. The average Bonchev–Trinajstić information content (AvgIpc) is 2.94. The lowest BCUT2D eigenvalue weighted by Crippen LogP contribution is -2.23. The zero-order valence-electron chi connectivity index (χ0n) is 15.1. The number of hydrogen-bond acceptors (Lipinski definition) is 3. The van der Waals surface area contributed by atoms with Gasteiger partial charge in [0.15, 0.2) is 0 Å². The number of carbonyl (C=O) groups excluding carboxylic acids is 1. The summed E-state index contributed by atoms with van der Waals surface area (Å²) in [6.07, 6.45) is 1.91. The number of hydrogen-bond donors (Lipinski definition) is 1. The zero-order chi connectivity index (χ0) is 19.7. The molecule has 0 radical (unpaired) electrons. The lowest BCUT2D eigenvalue weighted by atomic mass is 10.1. The highest BCUT2D eigenvalue weighted by Crippen LogP contribution is 2.25. The standard InChI is InChI=1S/C20H18BrN3O3/c1-12-4-6-18(13(2)8-12)24(14(3)25)22-10-15-11-23(20(26)27)19-7-5-16(21)9-17(15)19/h4-11H,1-3H3,(H,26,27)/b22-10+. The van der Waals surface area contributed by atoms with Gasteiger partial charge in [0.1, 0.15) is 0 Å². The predicted octanol–water partition coefficient (Wildman–Crippen LogP) is 4.93. The smallest absolute Gasteiger partial charge is 0.416 e. The Labute approximate surface area is 164 Å². The fraction of sp³-hybridized carbons (Fsp3) is 0.150. The van der Waals surface area contributed by atoms with Crippen LogP contribution in [0.15, 0.2) is 52.2 Å². The number of anilines is 1. The first-order chi connectivity index (χ1) is 12.8. The maximum atomic E-state index is 12.1. The summed E-state index contributed by atoms with van der Waals surface area (Å²) in [5.41, 5.74) is 3.86. The summed E-state index contributed by atoms with van der Waals surface area (Å²) in [6.45, 7) is 5.34. The number of hydrazone groups is 1. The van der Waals surface area contributed by atoms with Crippen LogP contribution < -0.4 is 5.01 Å². The van der Waals surface area contributed by atoms with E-state index in [-0.39, 0.29) is 5.91 Å². The molecule has 0 bridgehead atoms. The molecule has 0 aliphatic heterocycles. The summed E-state index contributed by atoms with van der Waals surface area (Å²) < 4.78 is 1.96. The van der Waals surface area contributed by atoms with Gasteiger partial charge < -0.3 is 5.11 Å². The Kier molecular flexibility index (Phi) is 5.14. The van der Waals surface area contributed by atoms with Crippen molar-refractivity contribution in [1.29, 1.82) is 0 Å². The highest BCUT2D eigenvalue weighted by molar-refractivity contribution is 9.10. The summed E-state index contributed by atoms with van der Waals surface area (Å²) in [4.78, 5) is 23.6. The van der Waals surface area contributed by atoms with Gasteiger partial charge in [0, 0.05) is 28.5 Å². The Morgan fingerprint density at radius 3 is 2.56 bits per heavy atom. The van der Waals surface area contributed by atoms with E-state index in [1.807, 2.05) is 38.1 Å². The third-order valence-electron chi connectivity index (χ3n) is 4.19. The molecule has 0 unspecified atom stereocenters. The summed E-state index contributed by atoms with van der Waals surface area (Å²) in [5.74, 6) is -0.235. The number of benzene rings is 2. The Morgan fingerprint density at radius 1 is 1.19 bits per heavy atom. The monoisotopic (exact) mass is 427 g/mol. The topological polar surface area (TPSA) is 74.9 Å². The summed E-state index contributed by atoms with van der Waals surface area (Å²) in [7, 11) is 0. The molecule has 7 heteroatoms. The molecule has 1 heterocycles. The van der Waals surface area contributed by atoms with Crippen LogP contribution in [0.1, 0.15) is 23.6 Å². The predicted molar refractivity (Wildman–Crippen MR) is 110 cm³/mol. The molecule has 2 aromatic carbocycles. The molecule has 3 aromatic rings. The highest BCUT2D eigenvalue weighted by atomic mass is 79.9. The Morgan fingerprint density at radius 2 is 1.93 bits per heavy atom. The van der Waals surface area contributed by atoms with Crippen molar-refractivity contribution in [3.8, 4) is 0 Å². The van der Waals surface area contributed by atoms with Crippen LogP contribution in [-0.2, 0) is 4.79 Å². The van der Waals surface area contributed by atoms with Gasteiger partial charge in [-0.1, -0.05) is 33.6 Å². The van der Waals surface area contributed by atoms with Gasteiger partial charge in [-0.05, 0) is 43.7 Å². The lowest BCUT2D eigenvalue weighted by molar-refractivity contribution is -0.116. The van der Waals surface area contributed by atoms with Crippen LogP contribution in [0.3, 0.4) is 0 Å². The molecule has 138 valence electrons. The van der Waals surface area contributed by atoms with Crippen LogP contribution in [0.4, 0.5) is 10.5 Å². The van der Waals surface area contributed by atoms with Crippen molar-refractivity contribution in [3.63, 3.8) is 0 Å². The number of fused-ring (bicyclic) bond motifs is 1. The summed E-state index contributed by atoms with van der Waals surface area (Å²) in [6, 6.07) is 11.1. The molecule has 3 rings (SSSR count). The minimum absolute atomic E-state index is 0.235. The van der Waals surface area contributed by atoms with Gasteiger partial charge in [-0.15, -0.1) is 0 Å². The summed E-state index contributed by atoms with van der Waals surface area (Å²) >= 11 is 3.40. The van der Waals surface area contributed by atoms with Crippen LogP contribution in [0.5, 0.6) is 0 Å². The van der Waals surface area contributed by atoms with E-state index in [2.05, 4.69) is 21.0 Å². The zero-order valence-corrected chi connectivity index (χ0v) is 16.7. The van der Waals surface area contributed by atoms with Crippen molar-refractivity contribution >= 4 is 50.7 Å². The van der Waals surface area contributed by atoms with E-state index in [9.17, 15) is 14.7 Å². The van der Waals surface area contributed by atoms with E-state index in [4.69, 9.17) is 0 Å². The van der Waals surface area contributed by atoms with E-state index in [0.717, 1.165) is 25.6 Å². The van der Waals surface area contributed by atoms with E-state index < -0.39 is 6.09 Å². The number of aromatic nitrogens is 1. The SMILES string of the molecule is CC(=O)N(/N=C/c1cn(C(=O)O)c2ccc(Br)cc12)c1ccc(C)cc1C. The van der Waals surface area contributed by atoms with Crippen molar-refractivity contribution in [2.75, 3.05) is 5.01 Å². The molecule has 1 aromatic heterocycles. The molecular weight excluding hydrogens is 410 g/mol. The molecule has 0 saturated carbocycles. The van der Waals surface area contributed by atoms with Crippen LogP contribution >= 0.6 is 15.9 Å². The second kappa shape index (κ2) is 7.36. The fourth-order valence-corrected chi connectivity index (χ4v) is 3.33. The lowest BCUT2D eigenvalue weighted by Gasteiger charge is -2.17. The first-order valence-electron chi connectivity index (χ1n) is 8.24. The van der Waals surface area contributed by atoms with Gasteiger partial charge in [-0.3, -0.25) is 9.36 Å². The molecule has 0 saturated heterocycles. The number of carboxylic acid groups (broad SMARTS) is 1. The number of aryl methyl sites for hydroxylation is 2. The molecule has 27 heavy (non-hydrogen) atoms. The normalized spacial score (nSPS) is 11.3. The minimum atomic E-state index is -1.08. The molecule has 6 nitrogen and oxygen atoms in total.